The number of halogens is 1. The van der Waals surface area contributed by atoms with Gasteiger partial charge in [0.05, 0.1) is 11.1 Å². The molecule has 0 saturated carbocycles. The van der Waals surface area contributed by atoms with Gasteiger partial charge in [0.2, 0.25) is 0 Å². The van der Waals surface area contributed by atoms with Crippen molar-refractivity contribution in [3.05, 3.63) is 64.2 Å². The summed E-state index contributed by atoms with van der Waals surface area (Å²) in [6, 6.07) is 11.9. The zero-order valence-electron chi connectivity index (χ0n) is 17.2. The van der Waals surface area contributed by atoms with Gasteiger partial charge >= 0.3 is 5.97 Å². The highest BCUT2D eigenvalue weighted by Crippen LogP contribution is 2.23. The summed E-state index contributed by atoms with van der Waals surface area (Å²) in [6.07, 6.45) is 1.94. The highest BCUT2D eigenvalue weighted by atomic mass is 35.5. The van der Waals surface area contributed by atoms with E-state index in [1.807, 2.05) is 6.92 Å². The van der Waals surface area contributed by atoms with Crippen LogP contribution in [-0.2, 0) is 14.3 Å². The molecule has 3 amide bonds. The SMILES string of the molecule is Cc1ccc(Cl)cc1NC(=O)COC(=O)CCCCCN1C(=O)c2ccccc2C1=O. The molecule has 0 aliphatic carbocycles. The van der Waals surface area contributed by atoms with Crippen molar-refractivity contribution in [2.45, 2.75) is 32.6 Å². The molecule has 2 aromatic rings. The van der Waals surface area contributed by atoms with Crippen molar-refractivity contribution in [2.24, 2.45) is 0 Å². The lowest BCUT2D eigenvalue weighted by atomic mass is 10.1. The van der Waals surface area contributed by atoms with Crippen LogP contribution in [0.15, 0.2) is 42.5 Å². The average molecular weight is 443 g/mol. The van der Waals surface area contributed by atoms with Crippen molar-refractivity contribution in [1.82, 2.24) is 4.90 Å². The van der Waals surface area contributed by atoms with Gasteiger partial charge in [-0.2, -0.15) is 0 Å². The first-order valence-corrected chi connectivity index (χ1v) is 10.4. The number of imide groups is 1. The molecule has 0 aromatic heterocycles. The largest absolute Gasteiger partial charge is 0.456 e. The lowest BCUT2D eigenvalue weighted by Gasteiger charge is -2.13. The molecule has 162 valence electrons. The van der Waals surface area contributed by atoms with Gasteiger partial charge in [-0.25, -0.2) is 0 Å². The number of nitrogens with zero attached hydrogens (tertiary/aromatic N) is 1. The van der Waals surface area contributed by atoms with Crippen molar-refractivity contribution >= 4 is 41.0 Å². The predicted octanol–water partition coefficient (Wildman–Crippen LogP) is 3.99. The maximum absolute atomic E-state index is 12.3. The maximum atomic E-state index is 12.3. The monoisotopic (exact) mass is 442 g/mol. The number of benzene rings is 2. The van der Waals surface area contributed by atoms with E-state index in [1.54, 1.807) is 42.5 Å². The number of unbranched alkanes of at least 4 members (excludes halogenated alkanes) is 2. The highest BCUT2D eigenvalue weighted by Gasteiger charge is 2.34. The third-order valence-corrected chi connectivity index (χ3v) is 5.21. The van der Waals surface area contributed by atoms with Crippen molar-refractivity contribution < 1.29 is 23.9 Å². The molecule has 3 rings (SSSR count). The molecule has 0 spiro atoms. The Labute approximate surface area is 185 Å². The third kappa shape index (κ3) is 5.70. The normalized spacial score (nSPS) is 12.6. The van der Waals surface area contributed by atoms with Crippen LogP contribution in [0, 0.1) is 6.92 Å². The van der Waals surface area contributed by atoms with E-state index < -0.39 is 11.9 Å². The molecule has 0 bridgehead atoms. The maximum Gasteiger partial charge on any atom is 0.306 e. The van der Waals surface area contributed by atoms with Gasteiger partial charge in [0.15, 0.2) is 6.61 Å². The van der Waals surface area contributed by atoms with Gasteiger partial charge in [-0.3, -0.25) is 24.1 Å². The molecule has 0 saturated heterocycles. The van der Waals surface area contributed by atoms with Crippen molar-refractivity contribution in [3.63, 3.8) is 0 Å². The Balaban J connectivity index is 1.32. The number of aryl methyl sites for hydroxylation is 1. The lowest BCUT2D eigenvalue weighted by molar-refractivity contribution is -0.147. The Bertz CT molecular complexity index is 986. The van der Waals surface area contributed by atoms with Gasteiger partial charge in [0.1, 0.15) is 0 Å². The van der Waals surface area contributed by atoms with Crippen molar-refractivity contribution in [2.75, 3.05) is 18.5 Å². The van der Waals surface area contributed by atoms with Gasteiger partial charge in [0.25, 0.3) is 17.7 Å². The number of esters is 1. The fourth-order valence-electron chi connectivity index (χ4n) is 3.29. The molecule has 1 aliphatic rings. The summed E-state index contributed by atoms with van der Waals surface area (Å²) < 4.78 is 5.00. The van der Waals surface area contributed by atoms with Crippen LogP contribution in [0.1, 0.15) is 52.0 Å². The number of amides is 3. The Morgan fingerprint density at radius 1 is 1.00 bits per heavy atom. The fourth-order valence-corrected chi connectivity index (χ4v) is 3.46. The number of carbonyl (C=O) groups is 4. The Morgan fingerprint density at radius 3 is 2.35 bits per heavy atom. The number of hydrogen-bond donors (Lipinski definition) is 1. The molecule has 0 unspecified atom stereocenters. The first-order chi connectivity index (χ1) is 14.9. The van der Waals surface area contributed by atoms with Crippen LogP contribution in [0.2, 0.25) is 5.02 Å². The van der Waals surface area contributed by atoms with Crippen LogP contribution in [0.25, 0.3) is 0 Å². The van der Waals surface area contributed by atoms with Gasteiger partial charge < -0.3 is 10.1 Å². The van der Waals surface area contributed by atoms with Gasteiger partial charge in [-0.1, -0.05) is 36.2 Å². The molecule has 0 fully saturated rings. The number of rotatable bonds is 9. The van der Waals surface area contributed by atoms with Crippen LogP contribution in [0.4, 0.5) is 5.69 Å². The van der Waals surface area contributed by atoms with Gasteiger partial charge in [-0.15, -0.1) is 0 Å². The zero-order valence-corrected chi connectivity index (χ0v) is 17.9. The summed E-state index contributed by atoms with van der Waals surface area (Å²) in [5, 5.41) is 3.16. The van der Waals surface area contributed by atoms with E-state index in [2.05, 4.69) is 5.32 Å². The van der Waals surface area contributed by atoms with Gasteiger partial charge in [0, 0.05) is 23.7 Å². The minimum absolute atomic E-state index is 0.158. The molecule has 0 atom stereocenters. The topological polar surface area (TPSA) is 92.8 Å². The lowest BCUT2D eigenvalue weighted by Crippen LogP contribution is -2.30. The molecule has 8 heteroatoms. The van der Waals surface area contributed by atoms with Crippen LogP contribution < -0.4 is 5.32 Å². The Hall–Kier alpha value is -3.19. The first kappa shape index (κ1) is 22.5. The van der Waals surface area contributed by atoms with Gasteiger partial charge in [-0.05, 0) is 49.6 Å². The number of nitrogens with one attached hydrogen (secondary N) is 1. The number of carbonyl (C=O) groups excluding carboxylic acids is 4. The van der Waals surface area contributed by atoms with E-state index in [1.165, 1.54) is 4.90 Å². The summed E-state index contributed by atoms with van der Waals surface area (Å²) in [5.74, 6) is -1.47. The molecule has 1 heterocycles. The number of anilines is 1. The van der Waals surface area contributed by atoms with Crippen LogP contribution in [-0.4, -0.2) is 41.7 Å². The summed E-state index contributed by atoms with van der Waals surface area (Å²) in [5.41, 5.74) is 2.29. The molecule has 2 aromatic carbocycles. The second-order valence-corrected chi connectivity index (χ2v) is 7.72. The molecule has 1 N–H and O–H groups in total. The van der Waals surface area contributed by atoms with Crippen molar-refractivity contribution in [1.29, 1.82) is 0 Å². The van der Waals surface area contributed by atoms with Crippen molar-refractivity contribution in [3.8, 4) is 0 Å². The minimum Gasteiger partial charge on any atom is -0.456 e. The van der Waals surface area contributed by atoms with E-state index in [-0.39, 0.29) is 24.8 Å². The molecule has 31 heavy (non-hydrogen) atoms. The second-order valence-electron chi connectivity index (χ2n) is 7.29. The molecular weight excluding hydrogens is 420 g/mol. The second kappa shape index (κ2) is 10.2. The zero-order chi connectivity index (χ0) is 22.4. The summed E-state index contributed by atoms with van der Waals surface area (Å²) in [6.45, 7) is 1.77. The third-order valence-electron chi connectivity index (χ3n) is 4.98. The first-order valence-electron chi connectivity index (χ1n) is 10.0. The summed E-state index contributed by atoms with van der Waals surface area (Å²) >= 11 is 5.91. The summed E-state index contributed by atoms with van der Waals surface area (Å²) in [4.78, 5) is 49.6. The molecule has 7 nitrogen and oxygen atoms in total. The van der Waals surface area contributed by atoms with E-state index in [0.29, 0.717) is 47.6 Å². The molecular formula is C23H23ClN2O5. The molecule has 0 radical (unpaired) electrons. The smallest absolute Gasteiger partial charge is 0.306 e. The standard InChI is InChI=1S/C23H23ClN2O5/c1-15-10-11-16(24)13-19(15)25-20(27)14-31-21(28)9-3-2-6-12-26-22(29)17-7-4-5-8-18(17)23(26)30/h4-5,7-8,10-11,13H,2-3,6,9,12,14H2,1H3,(H,25,27). The van der Waals surface area contributed by atoms with E-state index in [9.17, 15) is 19.2 Å². The van der Waals surface area contributed by atoms with E-state index in [4.69, 9.17) is 16.3 Å². The fraction of sp³-hybridized carbons (Fsp3) is 0.304. The van der Waals surface area contributed by atoms with Crippen LogP contribution in [0.3, 0.4) is 0 Å². The summed E-state index contributed by atoms with van der Waals surface area (Å²) in [7, 11) is 0. The average Bonchev–Trinajstić information content (AvgIpc) is 2.99. The minimum atomic E-state index is -0.473. The Kier molecular flexibility index (Phi) is 7.41. The Morgan fingerprint density at radius 2 is 1.68 bits per heavy atom. The predicted molar refractivity (Wildman–Crippen MR) is 116 cm³/mol. The quantitative estimate of drug-likeness (QED) is 0.360. The van der Waals surface area contributed by atoms with E-state index >= 15 is 0 Å². The number of ether oxygens (including phenoxy) is 1. The number of hydrogen-bond acceptors (Lipinski definition) is 5. The van der Waals surface area contributed by atoms with E-state index in [0.717, 1.165) is 5.56 Å². The van der Waals surface area contributed by atoms with Crippen LogP contribution in [0.5, 0.6) is 0 Å². The van der Waals surface area contributed by atoms with Crippen LogP contribution >= 0.6 is 11.6 Å². The molecule has 1 aliphatic heterocycles. The highest BCUT2D eigenvalue weighted by molar-refractivity contribution is 6.31. The number of fused-ring (bicyclic) bond motifs is 1.